The van der Waals surface area contributed by atoms with Gasteiger partial charge in [0, 0.05) is 12.1 Å². The van der Waals surface area contributed by atoms with E-state index in [4.69, 9.17) is 28.4 Å². The second-order valence-electron chi connectivity index (χ2n) is 12.1. The number of aryl methyl sites for hydroxylation is 1. The molecule has 7 rings (SSSR count). The van der Waals surface area contributed by atoms with Crippen LogP contribution in [0.25, 0.3) is 0 Å². The Balaban J connectivity index is 1.12. The highest BCUT2D eigenvalue weighted by Gasteiger charge is 2.53. The van der Waals surface area contributed by atoms with Gasteiger partial charge in [-0.15, -0.1) is 0 Å². The zero-order valence-corrected chi connectivity index (χ0v) is 27.0. The van der Waals surface area contributed by atoms with Gasteiger partial charge < -0.3 is 28.4 Å². The molecule has 8 atom stereocenters. The molecule has 3 unspecified atom stereocenters. The third-order valence-corrected chi connectivity index (χ3v) is 10.6. The van der Waals surface area contributed by atoms with Crippen LogP contribution in [0.15, 0.2) is 120 Å². The van der Waals surface area contributed by atoms with E-state index < -0.39 is 47.0 Å². The molecule has 4 aromatic rings. The second-order valence-corrected chi connectivity index (χ2v) is 14.0. The molecule has 3 aliphatic rings. The lowest BCUT2D eigenvalue weighted by molar-refractivity contribution is -0.372. The van der Waals surface area contributed by atoms with Gasteiger partial charge in [0.15, 0.2) is 12.6 Å². The number of fused-ring (bicyclic) bond motifs is 1. The van der Waals surface area contributed by atoms with Crippen LogP contribution in [0.5, 0.6) is 0 Å². The number of ether oxygens (including phenoxy) is 6. The van der Waals surface area contributed by atoms with E-state index >= 15 is 0 Å². The van der Waals surface area contributed by atoms with E-state index in [-0.39, 0.29) is 24.2 Å². The van der Waals surface area contributed by atoms with Crippen molar-refractivity contribution in [3.8, 4) is 0 Å². The number of benzene rings is 4. The Morgan fingerprint density at radius 3 is 1.96 bits per heavy atom. The molecule has 3 saturated heterocycles. The third-order valence-electron chi connectivity index (χ3n) is 8.67. The van der Waals surface area contributed by atoms with Gasteiger partial charge in [-0.1, -0.05) is 109 Å². The normalized spacial score (nSPS) is 28.8. The first-order valence-corrected chi connectivity index (χ1v) is 17.4. The zero-order chi connectivity index (χ0) is 32.2. The topological polar surface area (TPSA) is 92.5 Å². The lowest BCUT2D eigenvalue weighted by Gasteiger charge is -2.49. The number of hydrogen-bond acceptors (Lipinski definition) is 8. The summed E-state index contributed by atoms with van der Waals surface area (Å²) in [4.78, 5) is 0.269. The summed E-state index contributed by atoms with van der Waals surface area (Å²) in [5, 5.41) is 0. The maximum atomic E-state index is 13.3. The van der Waals surface area contributed by atoms with E-state index in [9.17, 15) is 8.42 Å². The molecule has 0 spiro atoms. The lowest BCUT2D eigenvalue weighted by Crippen LogP contribution is -2.63. The van der Waals surface area contributed by atoms with Crippen LogP contribution in [0, 0.1) is 6.92 Å². The summed E-state index contributed by atoms with van der Waals surface area (Å²) in [7, 11) is -3.63. The van der Waals surface area contributed by atoms with Gasteiger partial charge in [-0.2, -0.15) is 4.31 Å². The fourth-order valence-corrected chi connectivity index (χ4v) is 7.57. The van der Waals surface area contributed by atoms with Crippen LogP contribution < -0.4 is 0 Å². The highest BCUT2D eigenvalue weighted by molar-refractivity contribution is 7.89. The Labute approximate surface area is 276 Å². The van der Waals surface area contributed by atoms with Crippen molar-refractivity contribution in [2.75, 3.05) is 19.8 Å². The van der Waals surface area contributed by atoms with Crippen LogP contribution in [0.2, 0.25) is 0 Å². The minimum atomic E-state index is -3.63. The molecule has 3 aliphatic heterocycles. The lowest BCUT2D eigenvalue weighted by atomic mass is 9.97. The summed E-state index contributed by atoms with van der Waals surface area (Å²) < 4.78 is 66.8. The number of nitrogens with zero attached hydrogens (tertiary/aromatic N) is 1. The Morgan fingerprint density at radius 2 is 1.32 bits per heavy atom. The van der Waals surface area contributed by atoms with E-state index in [2.05, 4.69) is 0 Å². The molecule has 9 nitrogen and oxygen atoms in total. The predicted octanol–water partition coefficient (Wildman–Crippen LogP) is 5.39. The SMILES string of the molecule is Cc1ccc(S(=O)(=O)N2CC2CO[C@@H]2O[C@@H]3COC(c4ccccc4)O[C@@H]3[C@H](OCc3ccccc3)[C@H]2OCc2ccccc2)cc1. The van der Waals surface area contributed by atoms with Crippen molar-refractivity contribution in [3.05, 3.63) is 138 Å². The minimum absolute atomic E-state index is 0.137. The van der Waals surface area contributed by atoms with Gasteiger partial charge in [-0.05, 0) is 30.2 Å². The van der Waals surface area contributed by atoms with E-state index in [0.717, 1.165) is 22.3 Å². The average molecular weight is 658 g/mol. The quantitative estimate of drug-likeness (QED) is 0.187. The van der Waals surface area contributed by atoms with Gasteiger partial charge in [-0.3, -0.25) is 0 Å². The van der Waals surface area contributed by atoms with E-state index in [0.29, 0.717) is 19.8 Å². The molecule has 0 bridgehead atoms. The van der Waals surface area contributed by atoms with Gasteiger partial charge in [0.05, 0.1) is 37.4 Å². The first-order chi connectivity index (χ1) is 23.0. The largest absolute Gasteiger partial charge is 0.368 e. The molecule has 47 heavy (non-hydrogen) atoms. The van der Waals surface area contributed by atoms with E-state index in [1.165, 1.54) is 4.31 Å². The fraction of sp³-hybridized carbons (Fsp3) is 0.351. The van der Waals surface area contributed by atoms with Crippen LogP contribution >= 0.6 is 0 Å². The second kappa shape index (κ2) is 14.3. The first-order valence-electron chi connectivity index (χ1n) is 15.9. The van der Waals surface area contributed by atoms with Crippen LogP contribution in [0.4, 0.5) is 0 Å². The molecule has 0 N–H and O–H groups in total. The fourth-order valence-electron chi connectivity index (χ4n) is 6.00. The van der Waals surface area contributed by atoms with E-state index in [1.807, 2.05) is 97.9 Å². The zero-order valence-electron chi connectivity index (χ0n) is 26.2. The molecule has 3 fully saturated rings. The first kappa shape index (κ1) is 32.1. The van der Waals surface area contributed by atoms with Crippen molar-refractivity contribution < 1.29 is 36.8 Å². The highest BCUT2D eigenvalue weighted by Crippen LogP contribution is 2.38. The van der Waals surface area contributed by atoms with Crippen molar-refractivity contribution in [1.82, 2.24) is 4.31 Å². The standard InChI is InChI=1S/C37H39NO8S/c1-26-17-19-31(20-18-26)47(39,40)38-21-30(38)24-43-37-35(42-23-28-13-7-3-8-14-28)34(41-22-27-11-5-2-6-12-27)33-32(45-37)25-44-36(46-33)29-15-9-4-10-16-29/h2-20,30,32-37H,21-25H2,1H3/t30?,32-,33+,34+,35-,36?,37-,38?/m1/s1. The molecule has 0 amide bonds. The van der Waals surface area contributed by atoms with Crippen molar-refractivity contribution in [3.63, 3.8) is 0 Å². The minimum Gasteiger partial charge on any atom is -0.368 e. The molecular weight excluding hydrogens is 618 g/mol. The molecule has 0 radical (unpaired) electrons. The Hall–Kier alpha value is -3.45. The molecule has 0 aliphatic carbocycles. The smallest absolute Gasteiger partial charge is 0.243 e. The summed E-state index contributed by atoms with van der Waals surface area (Å²) in [5.41, 5.74) is 3.90. The molecular formula is C37H39NO8S. The Bertz CT molecular complexity index is 1690. The molecule has 3 heterocycles. The average Bonchev–Trinajstić information content (AvgIpc) is 3.91. The monoisotopic (exact) mass is 657 g/mol. The van der Waals surface area contributed by atoms with Gasteiger partial charge in [0.25, 0.3) is 0 Å². The Kier molecular flexibility index (Phi) is 9.80. The molecule has 10 heteroatoms. The predicted molar refractivity (Wildman–Crippen MR) is 174 cm³/mol. The summed E-state index contributed by atoms with van der Waals surface area (Å²) in [5.74, 6) is 0. The summed E-state index contributed by atoms with van der Waals surface area (Å²) in [6.07, 6.45) is -3.73. The van der Waals surface area contributed by atoms with Crippen LogP contribution in [0.3, 0.4) is 0 Å². The number of sulfonamides is 1. The maximum absolute atomic E-state index is 13.3. The Morgan fingerprint density at radius 1 is 0.723 bits per heavy atom. The third kappa shape index (κ3) is 7.51. The highest BCUT2D eigenvalue weighted by atomic mass is 32.2. The summed E-state index contributed by atoms with van der Waals surface area (Å²) in [6, 6.07) is 36.2. The van der Waals surface area contributed by atoms with Crippen molar-refractivity contribution >= 4 is 10.0 Å². The molecule has 0 saturated carbocycles. The van der Waals surface area contributed by atoms with Gasteiger partial charge in [-0.25, -0.2) is 8.42 Å². The number of rotatable bonds is 12. The van der Waals surface area contributed by atoms with Crippen LogP contribution in [-0.4, -0.2) is 69.2 Å². The van der Waals surface area contributed by atoms with E-state index in [1.54, 1.807) is 24.3 Å². The van der Waals surface area contributed by atoms with Gasteiger partial charge >= 0.3 is 0 Å². The van der Waals surface area contributed by atoms with Crippen molar-refractivity contribution in [2.45, 2.75) is 68.1 Å². The summed E-state index contributed by atoms with van der Waals surface area (Å²) in [6.45, 7) is 3.32. The molecule has 4 aromatic carbocycles. The van der Waals surface area contributed by atoms with Crippen molar-refractivity contribution in [1.29, 1.82) is 0 Å². The maximum Gasteiger partial charge on any atom is 0.243 e. The van der Waals surface area contributed by atoms with Crippen LogP contribution in [0.1, 0.15) is 28.5 Å². The molecule has 0 aromatic heterocycles. The van der Waals surface area contributed by atoms with Crippen molar-refractivity contribution in [2.24, 2.45) is 0 Å². The summed E-state index contributed by atoms with van der Waals surface area (Å²) >= 11 is 0. The number of hydrogen-bond donors (Lipinski definition) is 0. The van der Waals surface area contributed by atoms with Crippen LogP contribution in [-0.2, 0) is 51.7 Å². The van der Waals surface area contributed by atoms with Gasteiger partial charge in [0.2, 0.25) is 10.0 Å². The molecule has 246 valence electrons. The van der Waals surface area contributed by atoms with Gasteiger partial charge in [0.1, 0.15) is 24.4 Å².